The topological polar surface area (TPSA) is 137 Å². The SMILES string of the molecule is COC(=O)c1ccc(CS(=O)(=O)Nc2ccc(S(=O)(=O)Nc3cc(OC)ccc3OC)cc2)cc1. The van der Waals surface area contributed by atoms with Crippen LogP contribution in [0.15, 0.2) is 71.6 Å². The average Bonchev–Trinajstić information content (AvgIpc) is 2.83. The number of nitrogens with one attached hydrogen (secondary N) is 2. The van der Waals surface area contributed by atoms with Crippen LogP contribution in [0.3, 0.4) is 0 Å². The number of esters is 1. The minimum Gasteiger partial charge on any atom is -0.497 e. The first-order chi connectivity index (χ1) is 16.6. The van der Waals surface area contributed by atoms with Crippen molar-refractivity contribution < 1.29 is 35.8 Å². The molecular formula is C23H24N2O8S2. The molecule has 0 spiro atoms. The van der Waals surface area contributed by atoms with Gasteiger partial charge in [-0.05, 0) is 54.1 Å². The predicted molar refractivity (Wildman–Crippen MR) is 131 cm³/mol. The van der Waals surface area contributed by atoms with Crippen LogP contribution < -0.4 is 18.9 Å². The van der Waals surface area contributed by atoms with Crippen LogP contribution in [0.1, 0.15) is 15.9 Å². The highest BCUT2D eigenvalue weighted by Gasteiger charge is 2.18. The number of carbonyl (C=O) groups excluding carboxylic acids is 1. The molecule has 0 aliphatic rings. The maximum atomic E-state index is 12.8. The van der Waals surface area contributed by atoms with E-state index in [1.54, 1.807) is 12.1 Å². The molecule has 0 heterocycles. The second kappa shape index (κ2) is 10.7. The first kappa shape index (κ1) is 25.8. The quantitative estimate of drug-likeness (QED) is 0.389. The highest BCUT2D eigenvalue weighted by Crippen LogP contribution is 2.31. The zero-order chi connectivity index (χ0) is 25.6. The highest BCUT2D eigenvalue weighted by atomic mass is 32.2. The van der Waals surface area contributed by atoms with Crippen LogP contribution >= 0.6 is 0 Å². The van der Waals surface area contributed by atoms with E-state index in [9.17, 15) is 21.6 Å². The standard InChI is InChI=1S/C23H24N2O8S2/c1-31-19-10-13-22(32-2)21(14-19)25-35(29,30)20-11-8-18(9-12-20)24-34(27,28)15-16-4-6-17(7-5-16)23(26)33-3/h4-14,24-25H,15H2,1-3H3. The second-order valence-electron chi connectivity index (χ2n) is 7.25. The van der Waals surface area contributed by atoms with Gasteiger partial charge < -0.3 is 14.2 Å². The Bertz CT molecular complexity index is 1400. The van der Waals surface area contributed by atoms with Crippen LogP contribution in [-0.2, 0) is 30.5 Å². The number of hydrogen-bond donors (Lipinski definition) is 2. The first-order valence-corrected chi connectivity index (χ1v) is 13.2. The zero-order valence-electron chi connectivity index (χ0n) is 19.1. The number of carbonyl (C=O) groups is 1. The third kappa shape index (κ3) is 6.64. The smallest absolute Gasteiger partial charge is 0.337 e. The molecule has 0 amide bonds. The van der Waals surface area contributed by atoms with Gasteiger partial charge in [-0.15, -0.1) is 0 Å². The minimum atomic E-state index is -3.99. The van der Waals surface area contributed by atoms with Crippen molar-refractivity contribution in [1.82, 2.24) is 0 Å². The maximum absolute atomic E-state index is 12.8. The van der Waals surface area contributed by atoms with Crippen LogP contribution in [0.25, 0.3) is 0 Å². The molecule has 3 rings (SSSR count). The van der Waals surface area contributed by atoms with Gasteiger partial charge in [-0.25, -0.2) is 21.6 Å². The second-order valence-corrected chi connectivity index (χ2v) is 10.7. The number of benzene rings is 3. The molecule has 0 atom stereocenters. The van der Waals surface area contributed by atoms with Crippen molar-refractivity contribution in [1.29, 1.82) is 0 Å². The van der Waals surface area contributed by atoms with Gasteiger partial charge in [0.15, 0.2) is 0 Å². The summed E-state index contributed by atoms with van der Waals surface area (Å²) in [6, 6.07) is 15.9. The van der Waals surface area contributed by atoms with Gasteiger partial charge in [-0.3, -0.25) is 9.44 Å². The van der Waals surface area contributed by atoms with E-state index in [0.29, 0.717) is 22.6 Å². The minimum absolute atomic E-state index is 0.0799. The van der Waals surface area contributed by atoms with Gasteiger partial charge in [0, 0.05) is 11.8 Å². The summed E-state index contributed by atoms with van der Waals surface area (Å²) in [5.41, 5.74) is 1.14. The Morgan fingerprint density at radius 2 is 1.46 bits per heavy atom. The molecule has 0 aliphatic heterocycles. The fourth-order valence-corrected chi connectivity index (χ4v) is 5.35. The van der Waals surface area contributed by atoms with Crippen LogP contribution in [0.5, 0.6) is 11.5 Å². The molecule has 0 aliphatic carbocycles. The summed E-state index contributed by atoms with van der Waals surface area (Å²) < 4.78 is 70.5. The summed E-state index contributed by atoms with van der Waals surface area (Å²) in [6.07, 6.45) is 0. The molecule has 10 nitrogen and oxygen atoms in total. The lowest BCUT2D eigenvalue weighted by atomic mass is 10.1. The van der Waals surface area contributed by atoms with Crippen molar-refractivity contribution in [3.05, 3.63) is 77.9 Å². The summed E-state index contributed by atoms with van der Waals surface area (Å²) >= 11 is 0. The molecule has 12 heteroatoms. The van der Waals surface area contributed by atoms with E-state index in [-0.39, 0.29) is 22.0 Å². The van der Waals surface area contributed by atoms with Crippen LogP contribution in [0.4, 0.5) is 11.4 Å². The van der Waals surface area contributed by atoms with Crippen molar-refractivity contribution in [2.45, 2.75) is 10.6 Å². The molecular weight excluding hydrogens is 496 g/mol. The number of rotatable bonds is 10. The van der Waals surface area contributed by atoms with E-state index >= 15 is 0 Å². The molecule has 0 bridgehead atoms. The van der Waals surface area contributed by atoms with Gasteiger partial charge in [-0.1, -0.05) is 12.1 Å². The highest BCUT2D eigenvalue weighted by molar-refractivity contribution is 7.92. The lowest BCUT2D eigenvalue weighted by Gasteiger charge is -2.14. The third-order valence-corrected chi connectivity index (χ3v) is 7.46. The molecule has 0 aromatic heterocycles. The number of anilines is 2. The molecule has 3 aromatic carbocycles. The molecule has 0 unspecified atom stereocenters. The Morgan fingerprint density at radius 1 is 0.800 bits per heavy atom. The molecule has 0 radical (unpaired) electrons. The van der Waals surface area contributed by atoms with Crippen LogP contribution in [0, 0.1) is 0 Å². The van der Waals surface area contributed by atoms with E-state index in [0.717, 1.165) is 0 Å². The predicted octanol–water partition coefficient (Wildman–Crippen LogP) is 3.23. The molecule has 3 aromatic rings. The molecule has 0 saturated heterocycles. The summed E-state index contributed by atoms with van der Waals surface area (Å²) in [6.45, 7) is 0. The van der Waals surface area contributed by atoms with Crippen molar-refractivity contribution in [2.24, 2.45) is 0 Å². The van der Waals surface area contributed by atoms with Gasteiger partial charge in [-0.2, -0.15) is 0 Å². The largest absolute Gasteiger partial charge is 0.497 e. The molecule has 0 fully saturated rings. The van der Waals surface area contributed by atoms with Gasteiger partial charge in [0.2, 0.25) is 10.0 Å². The average molecular weight is 521 g/mol. The molecule has 186 valence electrons. The number of hydrogen-bond acceptors (Lipinski definition) is 8. The summed E-state index contributed by atoms with van der Waals surface area (Å²) in [5, 5.41) is 0. The Morgan fingerprint density at radius 3 is 2.03 bits per heavy atom. The summed E-state index contributed by atoms with van der Waals surface area (Å²) in [7, 11) is -3.67. The van der Waals surface area contributed by atoms with Gasteiger partial charge in [0.25, 0.3) is 10.0 Å². The fraction of sp³-hybridized carbons (Fsp3) is 0.174. The van der Waals surface area contributed by atoms with E-state index in [1.807, 2.05) is 0 Å². The van der Waals surface area contributed by atoms with Crippen molar-refractivity contribution >= 4 is 37.4 Å². The number of sulfonamides is 2. The Hall–Kier alpha value is -3.77. The van der Waals surface area contributed by atoms with E-state index in [1.165, 1.54) is 75.9 Å². The Labute approximate surface area is 203 Å². The molecule has 35 heavy (non-hydrogen) atoms. The number of ether oxygens (including phenoxy) is 3. The fourth-order valence-electron chi connectivity index (χ4n) is 3.09. The number of methoxy groups -OCH3 is 3. The van der Waals surface area contributed by atoms with Crippen molar-refractivity contribution in [3.63, 3.8) is 0 Å². The van der Waals surface area contributed by atoms with Gasteiger partial charge in [0.05, 0.1) is 43.2 Å². The maximum Gasteiger partial charge on any atom is 0.337 e. The van der Waals surface area contributed by atoms with Gasteiger partial charge in [0.1, 0.15) is 11.5 Å². The molecule has 0 saturated carbocycles. The van der Waals surface area contributed by atoms with Gasteiger partial charge >= 0.3 is 5.97 Å². The monoisotopic (exact) mass is 520 g/mol. The normalized spacial score (nSPS) is 11.4. The lowest BCUT2D eigenvalue weighted by Crippen LogP contribution is -2.16. The van der Waals surface area contributed by atoms with E-state index in [2.05, 4.69) is 14.2 Å². The lowest BCUT2D eigenvalue weighted by molar-refractivity contribution is 0.0600. The Balaban J connectivity index is 1.72. The first-order valence-electron chi connectivity index (χ1n) is 10.1. The molecule has 2 N–H and O–H groups in total. The van der Waals surface area contributed by atoms with Crippen LogP contribution in [0.2, 0.25) is 0 Å². The third-order valence-electron chi connectivity index (χ3n) is 4.82. The van der Waals surface area contributed by atoms with Crippen molar-refractivity contribution in [2.75, 3.05) is 30.8 Å². The summed E-state index contributed by atoms with van der Waals surface area (Å²) in [5.74, 6) is -0.121. The van der Waals surface area contributed by atoms with Crippen molar-refractivity contribution in [3.8, 4) is 11.5 Å². The summed E-state index contributed by atoms with van der Waals surface area (Å²) in [4.78, 5) is 11.4. The van der Waals surface area contributed by atoms with E-state index in [4.69, 9.17) is 9.47 Å². The van der Waals surface area contributed by atoms with Crippen LogP contribution in [-0.4, -0.2) is 44.1 Å². The zero-order valence-corrected chi connectivity index (χ0v) is 20.8. The van der Waals surface area contributed by atoms with E-state index < -0.39 is 26.0 Å². The Kier molecular flexibility index (Phi) is 7.87.